The molecule has 0 aliphatic carbocycles. The zero-order chi connectivity index (χ0) is 16.4. The molecule has 130 valence electrons. The second-order valence-corrected chi connectivity index (χ2v) is 5.76. The lowest BCUT2D eigenvalue weighted by atomic mass is 9.98. The van der Waals surface area contributed by atoms with Gasteiger partial charge >= 0.3 is 0 Å². The van der Waals surface area contributed by atoms with E-state index in [4.69, 9.17) is 9.47 Å². The topological polar surface area (TPSA) is 62.2 Å². The van der Waals surface area contributed by atoms with E-state index < -0.39 is 0 Å². The molecule has 6 heteroatoms. The van der Waals surface area contributed by atoms with Crippen LogP contribution in [-0.4, -0.2) is 35.9 Å². The van der Waals surface area contributed by atoms with E-state index in [1.807, 2.05) is 12.1 Å². The van der Waals surface area contributed by atoms with Gasteiger partial charge in [0.2, 0.25) is 0 Å². The smallest absolute Gasteiger partial charge is 0.160 e. The Morgan fingerprint density at radius 1 is 0.958 bits per heavy atom. The highest BCUT2D eigenvalue weighted by Crippen LogP contribution is 2.33. The molecule has 0 unspecified atom stereocenters. The van der Waals surface area contributed by atoms with Crippen LogP contribution < -0.4 is 9.47 Å². The molecule has 3 rings (SSSR count). The lowest BCUT2D eigenvalue weighted by Crippen LogP contribution is -2.30. The Morgan fingerprint density at radius 2 is 1.67 bits per heavy atom. The van der Waals surface area contributed by atoms with Crippen LogP contribution in [0.4, 0.5) is 0 Å². The van der Waals surface area contributed by atoms with Crippen LogP contribution in [0.15, 0.2) is 30.3 Å². The van der Waals surface area contributed by atoms with Crippen LogP contribution in [-0.2, 0) is 19.5 Å². The van der Waals surface area contributed by atoms with Gasteiger partial charge in [-0.15, -0.1) is 12.4 Å². The molecule has 0 saturated heterocycles. The third kappa shape index (κ3) is 3.68. The van der Waals surface area contributed by atoms with Crippen molar-refractivity contribution in [1.29, 1.82) is 0 Å². The van der Waals surface area contributed by atoms with Crippen molar-refractivity contribution in [3.05, 3.63) is 47.0 Å². The summed E-state index contributed by atoms with van der Waals surface area (Å²) in [5.41, 5.74) is 3.37. The fraction of sp³-hybridized carbons (Fsp3) is 0.333. The maximum absolute atomic E-state index is 9.95. The molecule has 0 atom stereocenters. The van der Waals surface area contributed by atoms with E-state index in [-0.39, 0.29) is 23.9 Å². The molecule has 1 aliphatic rings. The van der Waals surface area contributed by atoms with Crippen molar-refractivity contribution in [2.75, 3.05) is 20.8 Å². The molecule has 0 amide bonds. The Labute approximate surface area is 147 Å². The van der Waals surface area contributed by atoms with E-state index >= 15 is 0 Å². The molecule has 1 aliphatic heterocycles. The van der Waals surface area contributed by atoms with Gasteiger partial charge in [-0.05, 0) is 47.4 Å². The summed E-state index contributed by atoms with van der Waals surface area (Å²) < 4.78 is 10.2. The van der Waals surface area contributed by atoms with Crippen LogP contribution in [0.5, 0.6) is 23.0 Å². The molecule has 5 nitrogen and oxygen atoms in total. The van der Waals surface area contributed by atoms with Gasteiger partial charge in [0.25, 0.3) is 0 Å². The Bertz CT molecular complexity index is 720. The molecule has 0 bridgehead atoms. The van der Waals surface area contributed by atoms with Crippen LogP contribution in [0.3, 0.4) is 0 Å². The van der Waals surface area contributed by atoms with E-state index in [2.05, 4.69) is 4.90 Å². The Kier molecular flexibility index (Phi) is 5.80. The first-order chi connectivity index (χ1) is 11.1. The molecule has 2 aromatic carbocycles. The average Bonchev–Trinajstić information content (AvgIpc) is 2.54. The molecule has 0 radical (unpaired) electrons. The summed E-state index contributed by atoms with van der Waals surface area (Å²) >= 11 is 0. The first-order valence-corrected chi connectivity index (χ1v) is 7.57. The summed E-state index contributed by atoms with van der Waals surface area (Å²) in [5, 5.41) is 19.8. The lowest BCUT2D eigenvalue weighted by Gasteiger charge is -2.29. The van der Waals surface area contributed by atoms with E-state index in [1.54, 1.807) is 25.3 Å². The summed E-state index contributed by atoms with van der Waals surface area (Å²) in [6.45, 7) is 2.43. The molecule has 1 heterocycles. The van der Waals surface area contributed by atoms with Gasteiger partial charge in [0.15, 0.2) is 23.0 Å². The number of phenols is 2. The minimum atomic E-state index is 0. The predicted molar refractivity (Wildman–Crippen MR) is 94.4 cm³/mol. The van der Waals surface area contributed by atoms with Crippen molar-refractivity contribution in [2.45, 2.75) is 19.5 Å². The fourth-order valence-corrected chi connectivity index (χ4v) is 3.02. The molecule has 0 aromatic heterocycles. The van der Waals surface area contributed by atoms with Gasteiger partial charge in [0.05, 0.1) is 14.2 Å². The van der Waals surface area contributed by atoms with E-state index in [0.29, 0.717) is 11.5 Å². The second kappa shape index (κ2) is 7.64. The van der Waals surface area contributed by atoms with Gasteiger partial charge in [-0.25, -0.2) is 0 Å². The van der Waals surface area contributed by atoms with Gasteiger partial charge in [0, 0.05) is 19.6 Å². The number of methoxy groups -OCH3 is 2. The van der Waals surface area contributed by atoms with Gasteiger partial charge in [-0.1, -0.05) is 6.07 Å². The SMILES string of the molecule is COc1ccc(CN2CCc3cc(OC)c(O)cc3C2)cc1O.Cl. The number of hydrogen-bond donors (Lipinski definition) is 2. The third-order valence-electron chi connectivity index (χ3n) is 4.24. The summed E-state index contributed by atoms with van der Waals surface area (Å²) in [6, 6.07) is 9.17. The highest BCUT2D eigenvalue weighted by molar-refractivity contribution is 5.85. The number of benzene rings is 2. The summed E-state index contributed by atoms with van der Waals surface area (Å²) in [6.07, 6.45) is 0.911. The van der Waals surface area contributed by atoms with Gasteiger partial charge in [0.1, 0.15) is 0 Å². The number of phenolic OH excluding ortho intramolecular Hbond substituents is 2. The van der Waals surface area contributed by atoms with Crippen molar-refractivity contribution in [1.82, 2.24) is 4.90 Å². The standard InChI is InChI=1S/C18H21NO4.ClH/c1-22-17-4-3-12(7-15(17)20)10-19-6-5-13-9-18(23-2)16(21)8-14(13)11-19;/h3-4,7-9,20-21H,5-6,10-11H2,1-2H3;1H. The van der Waals surface area contributed by atoms with Crippen molar-refractivity contribution in [2.24, 2.45) is 0 Å². The number of ether oxygens (including phenoxy) is 2. The van der Waals surface area contributed by atoms with E-state index in [1.165, 1.54) is 12.7 Å². The number of rotatable bonds is 4. The largest absolute Gasteiger partial charge is 0.504 e. The summed E-state index contributed by atoms with van der Waals surface area (Å²) in [4.78, 5) is 2.29. The van der Waals surface area contributed by atoms with Crippen molar-refractivity contribution < 1.29 is 19.7 Å². The van der Waals surface area contributed by atoms with Crippen molar-refractivity contribution in [3.8, 4) is 23.0 Å². The van der Waals surface area contributed by atoms with Crippen LogP contribution in [0.25, 0.3) is 0 Å². The van der Waals surface area contributed by atoms with Crippen LogP contribution in [0, 0.1) is 0 Å². The monoisotopic (exact) mass is 351 g/mol. The zero-order valence-corrected chi connectivity index (χ0v) is 14.6. The molecular weight excluding hydrogens is 330 g/mol. The molecular formula is C18H22ClNO4. The minimum Gasteiger partial charge on any atom is -0.504 e. The van der Waals surface area contributed by atoms with Crippen molar-refractivity contribution in [3.63, 3.8) is 0 Å². The predicted octanol–water partition coefficient (Wildman–Crippen LogP) is 3.10. The molecule has 2 aromatic rings. The second-order valence-electron chi connectivity index (χ2n) is 5.76. The Hall–Kier alpha value is -2.11. The number of aromatic hydroxyl groups is 2. The van der Waals surface area contributed by atoms with Gasteiger partial charge in [-0.3, -0.25) is 4.90 Å². The number of fused-ring (bicyclic) bond motifs is 1. The highest BCUT2D eigenvalue weighted by Gasteiger charge is 2.19. The lowest BCUT2D eigenvalue weighted by molar-refractivity contribution is 0.244. The molecule has 0 fully saturated rings. The fourth-order valence-electron chi connectivity index (χ4n) is 3.02. The van der Waals surface area contributed by atoms with Crippen molar-refractivity contribution >= 4 is 12.4 Å². The first kappa shape index (κ1) is 18.2. The van der Waals surface area contributed by atoms with E-state index in [9.17, 15) is 10.2 Å². The molecule has 0 spiro atoms. The van der Waals surface area contributed by atoms with Gasteiger partial charge < -0.3 is 19.7 Å². The molecule has 2 N–H and O–H groups in total. The Morgan fingerprint density at radius 3 is 2.33 bits per heavy atom. The normalized spacial score (nSPS) is 13.8. The summed E-state index contributed by atoms with van der Waals surface area (Å²) in [5.74, 6) is 1.34. The number of hydrogen-bond acceptors (Lipinski definition) is 5. The number of nitrogens with zero attached hydrogens (tertiary/aromatic N) is 1. The molecule has 24 heavy (non-hydrogen) atoms. The van der Waals surface area contributed by atoms with Crippen LogP contribution in [0.2, 0.25) is 0 Å². The molecule has 0 saturated carbocycles. The first-order valence-electron chi connectivity index (χ1n) is 7.57. The average molecular weight is 352 g/mol. The number of halogens is 1. The third-order valence-corrected chi connectivity index (χ3v) is 4.24. The maximum atomic E-state index is 9.95. The highest BCUT2D eigenvalue weighted by atomic mass is 35.5. The maximum Gasteiger partial charge on any atom is 0.160 e. The summed E-state index contributed by atoms with van der Waals surface area (Å²) in [7, 11) is 3.10. The van der Waals surface area contributed by atoms with Crippen LogP contribution in [0.1, 0.15) is 16.7 Å². The quantitative estimate of drug-likeness (QED) is 0.886. The van der Waals surface area contributed by atoms with E-state index in [0.717, 1.165) is 37.2 Å². The van der Waals surface area contributed by atoms with Crippen LogP contribution >= 0.6 is 12.4 Å². The zero-order valence-electron chi connectivity index (χ0n) is 13.8. The van der Waals surface area contributed by atoms with Gasteiger partial charge in [-0.2, -0.15) is 0 Å². The minimum absolute atomic E-state index is 0. The Balaban J connectivity index is 0.00000208.